The predicted molar refractivity (Wildman–Crippen MR) is 106 cm³/mol. The monoisotopic (exact) mass is 360 g/mol. The molecule has 0 radical (unpaired) electrons. The highest BCUT2D eigenvalue weighted by atomic mass is 32.1. The molecule has 1 saturated heterocycles. The molecular weight excluding hydrogens is 332 g/mol. The number of rotatable bonds is 6. The van der Waals surface area contributed by atoms with Gasteiger partial charge in [-0.3, -0.25) is 9.69 Å². The van der Waals surface area contributed by atoms with Crippen LogP contribution >= 0.6 is 11.3 Å². The van der Waals surface area contributed by atoms with E-state index in [4.69, 9.17) is 4.98 Å². The quantitative estimate of drug-likeness (QED) is 0.860. The van der Waals surface area contributed by atoms with Gasteiger partial charge in [0.05, 0.1) is 10.2 Å². The van der Waals surface area contributed by atoms with Crippen molar-refractivity contribution < 1.29 is 4.79 Å². The number of nitrogens with zero attached hydrogens (tertiary/aromatic N) is 3. The highest BCUT2D eigenvalue weighted by molar-refractivity contribution is 7.22. The van der Waals surface area contributed by atoms with Crippen molar-refractivity contribution in [2.45, 2.75) is 33.6 Å². The molecule has 0 aliphatic carbocycles. The summed E-state index contributed by atoms with van der Waals surface area (Å²) in [5, 5.41) is 4.14. The fourth-order valence-electron chi connectivity index (χ4n) is 3.33. The summed E-state index contributed by atoms with van der Waals surface area (Å²) in [5.74, 6) is 0.168. The largest absolute Gasteiger partial charge is 0.355 e. The number of aromatic nitrogens is 1. The van der Waals surface area contributed by atoms with Crippen molar-refractivity contribution in [3.8, 4) is 0 Å². The second kappa shape index (κ2) is 8.15. The van der Waals surface area contributed by atoms with Gasteiger partial charge in [-0.2, -0.15) is 0 Å². The SMILES string of the molecule is CCCC(=O)NCCN1CCN(c2nc3cc(C)cc(C)c3s2)CC1. The van der Waals surface area contributed by atoms with Crippen LogP contribution in [-0.4, -0.2) is 55.1 Å². The molecule has 2 heterocycles. The standard InChI is InChI=1S/C19H28N4OS/c1-4-5-17(24)20-6-7-22-8-10-23(11-9-22)19-21-16-13-14(2)12-15(3)18(16)25-19/h12-13H,4-11H2,1-3H3,(H,20,24). The molecule has 6 heteroatoms. The summed E-state index contributed by atoms with van der Waals surface area (Å²) in [7, 11) is 0. The lowest BCUT2D eigenvalue weighted by Gasteiger charge is -2.34. The van der Waals surface area contributed by atoms with Gasteiger partial charge in [-0.1, -0.05) is 24.3 Å². The van der Waals surface area contributed by atoms with Crippen molar-refractivity contribution in [3.05, 3.63) is 23.3 Å². The number of hydrogen-bond acceptors (Lipinski definition) is 5. The summed E-state index contributed by atoms with van der Waals surface area (Å²) in [6.45, 7) is 12.1. The molecule has 25 heavy (non-hydrogen) atoms. The van der Waals surface area contributed by atoms with Crippen LogP contribution in [0.2, 0.25) is 0 Å². The fraction of sp³-hybridized carbons (Fsp3) is 0.579. The Balaban J connectivity index is 1.52. The average Bonchev–Trinajstić information content (AvgIpc) is 3.00. The molecule has 0 atom stereocenters. The second-order valence-corrected chi connectivity index (χ2v) is 7.83. The zero-order valence-electron chi connectivity index (χ0n) is 15.5. The molecule has 1 N–H and O–H groups in total. The van der Waals surface area contributed by atoms with E-state index in [0.717, 1.165) is 56.3 Å². The molecule has 1 amide bonds. The molecule has 5 nitrogen and oxygen atoms in total. The van der Waals surface area contributed by atoms with Crippen LogP contribution < -0.4 is 10.2 Å². The van der Waals surface area contributed by atoms with Crippen molar-refractivity contribution in [3.63, 3.8) is 0 Å². The Kier molecular flexibility index (Phi) is 5.91. The topological polar surface area (TPSA) is 48.5 Å². The van der Waals surface area contributed by atoms with Crippen LogP contribution in [0.25, 0.3) is 10.2 Å². The number of carbonyl (C=O) groups is 1. The first-order chi connectivity index (χ1) is 12.1. The normalized spacial score (nSPS) is 15.7. The number of aryl methyl sites for hydroxylation is 2. The van der Waals surface area contributed by atoms with Crippen LogP contribution in [-0.2, 0) is 4.79 Å². The summed E-state index contributed by atoms with van der Waals surface area (Å²) in [6.07, 6.45) is 1.54. The first kappa shape index (κ1) is 18.1. The molecule has 2 aromatic rings. The van der Waals surface area contributed by atoms with Gasteiger partial charge in [0.15, 0.2) is 5.13 Å². The summed E-state index contributed by atoms with van der Waals surface area (Å²) >= 11 is 1.81. The van der Waals surface area contributed by atoms with Gasteiger partial charge in [0.25, 0.3) is 0 Å². The van der Waals surface area contributed by atoms with E-state index in [1.807, 2.05) is 6.92 Å². The van der Waals surface area contributed by atoms with E-state index >= 15 is 0 Å². The lowest BCUT2D eigenvalue weighted by Crippen LogP contribution is -2.48. The van der Waals surface area contributed by atoms with E-state index in [-0.39, 0.29) is 5.91 Å². The summed E-state index contributed by atoms with van der Waals surface area (Å²) < 4.78 is 1.31. The van der Waals surface area contributed by atoms with Crippen LogP contribution in [0, 0.1) is 13.8 Å². The Morgan fingerprint density at radius 3 is 2.72 bits per heavy atom. The van der Waals surface area contributed by atoms with Crippen LogP contribution in [0.1, 0.15) is 30.9 Å². The molecule has 0 spiro atoms. The Bertz CT molecular complexity index is 734. The smallest absolute Gasteiger partial charge is 0.220 e. The third-order valence-corrected chi connectivity index (χ3v) is 5.95. The van der Waals surface area contributed by atoms with Crippen LogP contribution in [0.3, 0.4) is 0 Å². The van der Waals surface area contributed by atoms with Gasteiger partial charge in [0.2, 0.25) is 5.91 Å². The third kappa shape index (κ3) is 4.50. The van der Waals surface area contributed by atoms with E-state index < -0.39 is 0 Å². The van der Waals surface area contributed by atoms with E-state index in [0.29, 0.717) is 6.42 Å². The molecule has 1 aromatic carbocycles. The number of anilines is 1. The van der Waals surface area contributed by atoms with Crippen molar-refractivity contribution in [2.75, 3.05) is 44.2 Å². The minimum absolute atomic E-state index is 0.168. The number of thiazole rings is 1. The van der Waals surface area contributed by atoms with Crippen molar-refractivity contribution in [1.29, 1.82) is 0 Å². The summed E-state index contributed by atoms with van der Waals surface area (Å²) in [5.41, 5.74) is 3.72. The molecule has 1 aromatic heterocycles. The van der Waals surface area contributed by atoms with E-state index in [1.54, 1.807) is 11.3 Å². The summed E-state index contributed by atoms with van der Waals surface area (Å²) in [4.78, 5) is 21.2. The Morgan fingerprint density at radius 2 is 2.00 bits per heavy atom. The highest BCUT2D eigenvalue weighted by Gasteiger charge is 2.20. The van der Waals surface area contributed by atoms with Gasteiger partial charge in [-0.15, -0.1) is 0 Å². The number of hydrogen-bond donors (Lipinski definition) is 1. The van der Waals surface area contributed by atoms with Gasteiger partial charge >= 0.3 is 0 Å². The van der Waals surface area contributed by atoms with Crippen molar-refractivity contribution in [1.82, 2.24) is 15.2 Å². The van der Waals surface area contributed by atoms with Crippen LogP contribution in [0.4, 0.5) is 5.13 Å². The molecule has 1 aliphatic rings. The van der Waals surface area contributed by atoms with Crippen molar-refractivity contribution in [2.24, 2.45) is 0 Å². The lowest BCUT2D eigenvalue weighted by molar-refractivity contribution is -0.121. The molecule has 1 aliphatic heterocycles. The van der Waals surface area contributed by atoms with Gasteiger partial charge in [-0.05, 0) is 37.5 Å². The maximum absolute atomic E-state index is 11.5. The molecule has 1 fully saturated rings. The number of carbonyl (C=O) groups excluding carboxylic acids is 1. The zero-order valence-corrected chi connectivity index (χ0v) is 16.3. The van der Waals surface area contributed by atoms with Gasteiger partial charge in [0, 0.05) is 45.7 Å². The van der Waals surface area contributed by atoms with E-state index in [1.165, 1.54) is 15.8 Å². The molecule has 136 valence electrons. The number of amides is 1. The van der Waals surface area contributed by atoms with Gasteiger partial charge < -0.3 is 10.2 Å². The minimum Gasteiger partial charge on any atom is -0.355 e. The Labute approximate surface area is 154 Å². The lowest BCUT2D eigenvalue weighted by atomic mass is 10.1. The molecular formula is C19H28N4OS. The summed E-state index contributed by atoms with van der Waals surface area (Å²) in [6, 6.07) is 4.41. The number of benzene rings is 1. The molecule has 3 rings (SSSR count). The van der Waals surface area contributed by atoms with Gasteiger partial charge in [-0.25, -0.2) is 4.98 Å². The molecule has 0 unspecified atom stereocenters. The number of piperazine rings is 1. The van der Waals surface area contributed by atoms with Gasteiger partial charge in [0.1, 0.15) is 0 Å². The maximum Gasteiger partial charge on any atom is 0.220 e. The minimum atomic E-state index is 0.168. The average molecular weight is 361 g/mol. The number of fused-ring (bicyclic) bond motifs is 1. The fourth-order valence-corrected chi connectivity index (χ4v) is 4.40. The Morgan fingerprint density at radius 1 is 1.24 bits per heavy atom. The van der Waals surface area contributed by atoms with Crippen LogP contribution in [0.5, 0.6) is 0 Å². The second-order valence-electron chi connectivity index (χ2n) is 6.86. The predicted octanol–water partition coefficient (Wildman–Crippen LogP) is 2.95. The zero-order chi connectivity index (χ0) is 17.8. The Hall–Kier alpha value is -1.66. The van der Waals surface area contributed by atoms with Crippen LogP contribution in [0.15, 0.2) is 12.1 Å². The first-order valence-electron chi connectivity index (χ1n) is 9.18. The molecule has 0 saturated carbocycles. The highest BCUT2D eigenvalue weighted by Crippen LogP contribution is 2.32. The van der Waals surface area contributed by atoms with Crippen molar-refractivity contribution >= 4 is 32.6 Å². The number of nitrogens with one attached hydrogen (secondary N) is 1. The third-order valence-electron chi connectivity index (χ3n) is 4.68. The van der Waals surface area contributed by atoms with E-state index in [9.17, 15) is 4.79 Å². The first-order valence-corrected chi connectivity index (χ1v) is 10.00. The maximum atomic E-state index is 11.5. The van der Waals surface area contributed by atoms with E-state index in [2.05, 4.69) is 41.1 Å². The molecule has 0 bridgehead atoms.